The number of amides is 1. The summed E-state index contributed by atoms with van der Waals surface area (Å²) in [7, 11) is -1.90. The molecule has 0 fully saturated rings. The maximum atomic E-state index is 12.0. The number of sulfonamides is 1. The van der Waals surface area contributed by atoms with Crippen molar-refractivity contribution in [1.82, 2.24) is 9.62 Å². The molecular weight excluding hydrogens is 370 g/mol. The van der Waals surface area contributed by atoms with E-state index in [0.29, 0.717) is 30.8 Å². The van der Waals surface area contributed by atoms with E-state index in [1.54, 1.807) is 38.2 Å². The van der Waals surface area contributed by atoms with Gasteiger partial charge in [0, 0.05) is 32.1 Å². The fourth-order valence-electron chi connectivity index (χ4n) is 2.79. The fraction of sp³-hybridized carbons (Fsp3) is 0.500. The van der Waals surface area contributed by atoms with Crippen LogP contribution in [0.5, 0.6) is 0 Å². The molecule has 1 aromatic carbocycles. The highest BCUT2D eigenvalue weighted by Gasteiger charge is 2.29. The van der Waals surface area contributed by atoms with Gasteiger partial charge >= 0.3 is 5.97 Å². The number of carbonyl (C=O) groups excluding carboxylic acids is 1. The number of rotatable bonds is 9. The lowest BCUT2D eigenvalue weighted by molar-refractivity contribution is -0.142. The maximum absolute atomic E-state index is 12.0. The van der Waals surface area contributed by atoms with Crippen LogP contribution in [0.25, 0.3) is 0 Å². The third-order valence-electron chi connectivity index (χ3n) is 4.38. The number of aliphatic imine (C=N–C) groups is 1. The summed E-state index contributed by atoms with van der Waals surface area (Å²) >= 11 is 0. The predicted molar refractivity (Wildman–Crippen MR) is 101 cm³/mol. The molecule has 0 saturated carbocycles. The molecule has 1 amide bonds. The van der Waals surface area contributed by atoms with Crippen molar-refractivity contribution in [2.24, 2.45) is 10.9 Å². The van der Waals surface area contributed by atoms with E-state index in [-0.39, 0.29) is 17.3 Å². The molecule has 148 valence electrons. The Hall–Kier alpha value is -2.42. The summed E-state index contributed by atoms with van der Waals surface area (Å²) in [5, 5.41) is 8.88. The van der Waals surface area contributed by atoms with E-state index in [1.165, 1.54) is 4.90 Å². The number of fused-ring (bicyclic) bond motifs is 1. The van der Waals surface area contributed by atoms with Crippen molar-refractivity contribution < 1.29 is 23.1 Å². The van der Waals surface area contributed by atoms with Gasteiger partial charge < -0.3 is 10.0 Å². The first-order chi connectivity index (χ1) is 12.7. The van der Waals surface area contributed by atoms with Gasteiger partial charge in [-0.15, -0.1) is 0 Å². The van der Waals surface area contributed by atoms with Crippen LogP contribution >= 0.6 is 0 Å². The van der Waals surface area contributed by atoms with Crippen LogP contribution in [0.2, 0.25) is 0 Å². The van der Waals surface area contributed by atoms with Crippen LogP contribution in [-0.2, 0) is 19.6 Å². The van der Waals surface area contributed by atoms with Crippen LogP contribution in [0.4, 0.5) is 0 Å². The second-order valence-corrected chi connectivity index (χ2v) is 8.31. The Morgan fingerprint density at radius 1 is 1.22 bits per heavy atom. The number of benzene rings is 1. The first-order valence-corrected chi connectivity index (χ1v) is 10.3. The van der Waals surface area contributed by atoms with E-state index in [4.69, 9.17) is 5.11 Å². The van der Waals surface area contributed by atoms with Crippen molar-refractivity contribution in [3.63, 3.8) is 0 Å². The summed E-state index contributed by atoms with van der Waals surface area (Å²) < 4.78 is 26.4. The zero-order valence-electron chi connectivity index (χ0n) is 15.5. The Labute approximate surface area is 159 Å². The Morgan fingerprint density at radius 2 is 1.93 bits per heavy atom. The molecule has 0 saturated heterocycles. The van der Waals surface area contributed by atoms with E-state index in [9.17, 15) is 18.0 Å². The van der Waals surface area contributed by atoms with Gasteiger partial charge in [0.05, 0.1) is 10.8 Å². The lowest BCUT2D eigenvalue weighted by Gasteiger charge is -2.19. The average Bonchev–Trinajstić information content (AvgIpc) is 2.88. The zero-order valence-corrected chi connectivity index (χ0v) is 16.3. The summed E-state index contributed by atoms with van der Waals surface area (Å²) in [4.78, 5) is 28.8. The van der Waals surface area contributed by atoms with Crippen molar-refractivity contribution in [1.29, 1.82) is 0 Å². The average molecular weight is 395 g/mol. The number of hydrogen-bond acceptors (Lipinski definition) is 5. The number of hydrogen-bond donors (Lipinski definition) is 2. The molecule has 1 aliphatic rings. The summed E-state index contributed by atoms with van der Waals surface area (Å²) in [6.45, 7) is 2.23. The van der Waals surface area contributed by atoms with Crippen LogP contribution in [0, 0.1) is 5.92 Å². The normalized spacial score (nSPS) is 17.2. The second-order valence-electron chi connectivity index (χ2n) is 6.66. The van der Waals surface area contributed by atoms with Crippen molar-refractivity contribution in [2.45, 2.75) is 37.5 Å². The van der Waals surface area contributed by atoms with Gasteiger partial charge in [0.2, 0.25) is 5.91 Å². The molecule has 0 radical (unpaired) electrons. The number of aliphatic carboxylic acids is 1. The Balaban J connectivity index is 1.73. The molecule has 0 spiro atoms. The lowest BCUT2D eigenvalue weighted by atomic mass is 10.1. The largest absolute Gasteiger partial charge is 0.481 e. The van der Waals surface area contributed by atoms with Gasteiger partial charge in [-0.2, -0.15) is 0 Å². The maximum Gasteiger partial charge on any atom is 0.308 e. The highest BCUT2D eigenvalue weighted by atomic mass is 32.2. The minimum absolute atomic E-state index is 0.0769. The number of carboxylic acid groups (broad SMARTS) is 1. The molecule has 27 heavy (non-hydrogen) atoms. The van der Waals surface area contributed by atoms with Gasteiger partial charge in [0.1, 0.15) is 5.84 Å². The summed E-state index contributed by atoms with van der Waals surface area (Å²) in [6, 6.07) is 6.71. The van der Waals surface area contributed by atoms with Gasteiger partial charge in [-0.1, -0.05) is 25.5 Å². The second kappa shape index (κ2) is 8.98. The zero-order chi connectivity index (χ0) is 20.0. The van der Waals surface area contributed by atoms with E-state index in [2.05, 4.69) is 9.71 Å². The van der Waals surface area contributed by atoms with E-state index < -0.39 is 21.9 Å². The van der Waals surface area contributed by atoms with E-state index >= 15 is 0 Å². The third-order valence-corrected chi connectivity index (χ3v) is 5.77. The molecule has 0 aliphatic carbocycles. The topological polar surface area (TPSA) is 116 Å². The van der Waals surface area contributed by atoms with Gasteiger partial charge in [-0.3, -0.25) is 19.3 Å². The minimum atomic E-state index is -3.51. The third kappa shape index (κ3) is 5.53. The molecule has 1 unspecified atom stereocenters. The van der Waals surface area contributed by atoms with E-state index in [0.717, 1.165) is 12.8 Å². The molecule has 9 heteroatoms. The predicted octanol–water partition coefficient (Wildman–Crippen LogP) is 1.46. The number of amidine groups is 1. The molecule has 1 aliphatic heterocycles. The first-order valence-electron chi connectivity index (χ1n) is 8.86. The Morgan fingerprint density at radius 3 is 2.63 bits per heavy atom. The number of nitrogens with zero attached hydrogens (tertiary/aromatic N) is 2. The summed E-state index contributed by atoms with van der Waals surface area (Å²) in [5.41, 5.74) is 0.585. The number of carboxylic acids is 1. The van der Waals surface area contributed by atoms with Crippen molar-refractivity contribution in [3.8, 4) is 0 Å². The molecule has 1 atom stereocenters. The highest BCUT2D eigenvalue weighted by Crippen LogP contribution is 2.22. The minimum Gasteiger partial charge on any atom is -0.481 e. The van der Waals surface area contributed by atoms with Crippen LogP contribution in [0.3, 0.4) is 0 Å². The van der Waals surface area contributed by atoms with Gasteiger partial charge in [0.25, 0.3) is 10.0 Å². The number of carbonyl (C=O) groups is 2. The summed E-state index contributed by atoms with van der Waals surface area (Å²) in [6.07, 6.45) is 2.54. The molecule has 1 aromatic rings. The van der Waals surface area contributed by atoms with Crippen molar-refractivity contribution in [2.75, 3.05) is 20.1 Å². The lowest BCUT2D eigenvalue weighted by Crippen LogP contribution is -2.33. The van der Waals surface area contributed by atoms with E-state index in [1.807, 2.05) is 0 Å². The molecule has 0 aromatic heterocycles. The van der Waals surface area contributed by atoms with Crippen LogP contribution in [0.15, 0.2) is 34.2 Å². The molecule has 2 N–H and O–H groups in total. The number of unbranched alkanes of at least 4 members (excludes halogenated alkanes) is 2. The highest BCUT2D eigenvalue weighted by molar-refractivity contribution is 7.90. The monoisotopic (exact) mass is 395 g/mol. The number of nitrogens with one attached hydrogen (secondary N) is 1. The molecular formula is C18H25N3O5S. The Kier molecular flexibility index (Phi) is 6.95. The van der Waals surface area contributed by atoms with Gasteiger partial charge in [-0.05, 0) is 25.0 Å². The standard InChI is InChI=1S/C18H25N3O5S/c1-13(18(23)24)12-21(2)16(22)10-4-3-7-11-19-17-14-8-5-6-9-15(14)27(25,26)20-17/h5-6,8-9,13H,3-4,7,10-12H2,1-2H3,(H,19,20)(H,23,24). The van der Waals surface area contributed by atoms with Crippen LogP contribution < -0.4 is 4.72 Å². The SMILES string of the molecule is CC(CN(C)C(=O)CCCCCN=C1NS(=O)(=O)c2ccccc21)C(=O)O. The van der Waals surface area contributed by atoms with Crippen molar-refractivity contribution in [3.05, 3.63) is 29.8 Å². The smallest absolute Gasteiger partial charge is 0.308 e. The van der Waals surface area contributed by atoms with Crippen molar-refractivity contribution >= 4 is 27.7 Å². The van der Waals surface area contributed by atoms with Gasteiger partial charge in [0.15, 0.2) is 0 Å². The Bertz CT molecular complexity index is 835. The molecule has 0 bridgehead atoms. The molecule has 8 nitrogen and oxygen atoms in total. The first kappa shape index (κ1) is 20.9. The quantitative estimate of drug-likeness (QED) is 0.614. The van der Waals surface area contributed by atoms with Crippen LogP contribution in [0.1, 0.15) is 38.2 Å². The fourth-order valence-corrected chi connectivity index (χ4v) is 4.04. The van der Waals surface area contributed by atoms with Gasteiger partial charge in [-0.25, -0.2) is 8.42 Å². The summed E-state index contributed by atoms with van der Waals surface area (Å²) in [5.74, 6) is -1.22. The molecule has 2 rings (SSSR count). The molecule has 1 heterocycles. The van der Waals surface area contributed by atoms with Crippen LogP contribution in [-0.4, -0.2) is 56.3 Å².